The minimum Gasteiger partial charge on any atom is -0.337 e. The predicted molar refractivity (Wildman–Crippen MR) is 89.2 cm³/mol. The van der Waals surface area contributed by atoms with Gasteiger partial charge >= 0.3 is 0 Å². The van der Waals surface area contributed by atoms with Crippen LogP contribution in [0.4, 0.5) is 0 Å². The molecule has 3 rings (SSSR count). The number of likely N-dealkylation sites (tertiary alicyclic amines) is 1. The zero-order valence-electron chi connectivity index (χ0n) is 12.4. The SMILES string of the molecule is Cl.NCC1CCCN1C(=O)CN=C1NS(=O)(=O)c2ccccc21. The third-order valence-electron chi connectivity index (χ3n) is 4.00. The number of carbonyl (C=O) groups is 1. The summed E-state index contributed by atoms with van der Waals surface area (Å²) >= 11 is 0. The Balaban J connectivity index is 0.00000192. The topological polar surface area (TPSA) is 105 Å². The van der Waals surface area contributed by atoms with Crippen molar-refractivity contribution in [2.24, 2.45) is 10.7 Å². The highest BCUT2D eigenvalue weighted by Gasteiger charge is 2.31. The van der Waals surface area contributed by atoms with Gasteiger partial charge in [-0.05, 0) is 25.0 Å². The van der Waals surface area contributed by atoms with Gasteiger partial charge in [0.05, 0.1) is 4.90 Å². The number of benzene rings is 1. The molecule has 126 valence electrons. The summed E-state index contributed by atoms with van der Waals surface area (Å²) < 4.78 is 26.3. The van der Waals surface area contributed by atoms with Gasteiger partial charge in [-0.3, -0.25) is 14.5 Å². The van der Waals surface area contributed by atoms with Gasteiger partial charge in [0.2, 0.25) is 5.91 Å². The molecule has 23 heavy (non-hydrogen) atoms. The fourth-order valence-corrected chi connectivity index (χ4v) is 4.15. The number of hydrogen-bond acceptors (Lipinski definition) is 5. The summed E-state index contributed by atoms with van der Waals surface area (Å²) in [5.74, 6) is 0.108. The van der Waals surface area contributed by atoms with E-state index in [9.17, 15) is 13.2 Å². The molecule has 3 N–H and O–H groups in total. The molecule has 1 unspecified atom stereocenters. The van der Waals surface area contributed by atoms with E-state index in [0.29, 0.717) is 18.7 Å². The monoisotopic (exact) mass is 358 g/mol. The second-order valence-electron chi connectivity index (χ2n) is 5.39. The number of nitrogens with one attached hydrogen (secondary N) is 1. The summed E-state index contributed by atoms with van der Waals surface area (Å²) in [6, 6.07) is 6.66. The van der Waals surface area contributed by atoms with Gasteiger partial charge in [0.15, 0.2) is 0 Å². The molecule has 9 heteroatoms. The molecule has 1 fully saturated rings. The summed E-state index contributed by atoms with van der Waals surface area (Å²) in [5, 5.41) is 0. The van der Waals surface area contributed by atoms with E-state index >= 15 is 0 Å². The smallest absolute Gasteiger partial charge is 0.263 e. The van der Waals surface area contributed by atoms with Gasteiger partial charge in [-0.2, -0.15) is 0 Å². The Kier molecular flexibility index (Phi) is 5.28. The van der Waals surface area contributed by atoms with Crippen LogP contribution in [0.2, 0.25) is 0 Å². The molecule has 0 aromatic heterocycles. The number of nitrogens with two attached hydrogens (primary N) is 1. The van der Waals surface area contributed by atoms with Crippen LogP contribution in [0.3, 0.4) is 0 Å². The fourth-order valence-electron chi connectivity index (χ4n) is 2.90. The number of sulfonamides is 1. The van der Waals surface area contributed by atoms with Crippen molar-refractivity contribution in [3.63, 3.8) is 0 Å². The molecule has 0 aliphatic carbocycles. The average Bonchev–Trinajstić information content (AvgIpc) is 3.08. The molecule has 1 saturated heterocycles. The number of nitrogens with zero attached hydrogens (tertiary/aromatic N) is 2. The highest BCUT2D eigenvalue weighted by Crippen LogP contribution is 2.22. The zero-order valence-corrected chi connectivity index (χ0v) is 14.1. The Morgan fingerprint density at radius 1 is 1.39 bits per heavy atom. The van der Waals surface area contributed by atoms with E-state index in [2.05, 4.69) is 9.71 Å². The van der Waals surface area contributed by atoms with E-state index in [-0.39, 0.29) is 41.6 Å². The third kappa shape index (κ3) is 3.34. The molecule has 0 bridgehead atoms. The molecule has 2 heterocycles. The van der Waals surface area contributed by atoms with Crippen LogP contribution in [0.5, 0.6) is 0 Å². The summed E-state index contributed by atoms with van der Waals surface area (Å²) in [6.45, 7) is 1.05. The molecule has 0 spiro atoms. The molecule has 1 amide bonds. The number of rotatable bonds is 3. The van der Waals surface area contributed by atoms with Gasteiger partial charge < -0.3 is 10.6 Å². The molecule has 7 nitrogen and oxygen atoms in total. The molecule has 1 atom stereocenters. The van der Waals surface area contributed by atoms with Gasteiger partial charge in [-0.15, -0.1) is 12.4 Å². The molecule has 1 aromatic rings. The number of carbonyl (C=O) groups excluding carboxylic acids is 1. The van der Waals surface area contributed by atoms with E-state index in [1.165, 1.54) is 6.07 Å². The normalized spacial score (nSPS) is 23.3. The number of halogens is 1. The molecular weight excluding hydrogens is 340 g/mol. The third-order valence-corrected chi connectivity index (χ3v) is 5.40. The van der Waals surface area contributed by atoms with Crippen molar-refractivity contribution in [3.8, 4) is 0 Å². The number of fused-ring (bicyclic) bond motifs is 1. The Labute approximate surface area is 141 Å². The van der Waals surface area contributed by atoms with Crippen molar-refractivity contribution < 1.29 is 13.2 Å². The maximum atomic E-state index is 12.2. The van der Waals surface area contributed by atoms with Gasteiger partial charge in [-0.25, -0.2) is 8.42 Å². The second-order valence-corrected chi connectivity index (χ2v) is 7.04. The van der Waals surface area contributed by atoms with Crippen molar-refractivity contribution >= 4 is 34.2 Å². The van der Waals surface area contributed by atoms with E-state index in [4.69, 9.17) is 5.73 Å². The molecule has 1 aromatic carbocycles. The summed E-state index contributed by atoms with van der Waals surface area (Å²) in [4.78, 5) is 18.3. The van der Waals surface area contributed by atoms with Crippen LogP contribution in [0.15, 0.2) is 34.2 Å². The van der Waals surface area contributed by atoms with Crippen LogP contribution in [-0.2, 0) is 14.8 Å². The lowest BCUT2D eigenvalue weighted by Gasteiger charge is -2.22. The zero-order chi connectivity index (χ0) is 15.7. The van der Waals surface area contributed by atoms with Crippen LogP contribution in [0.1, 0.15) is 18.4 Å². The van der Waals surface area contributed by atoms with Crippen molar-refractivity contribution in [1.29, 1.82) is 0 Å². The van der Waals surface area contributed by atoms with E-state index in [1.54, 1.807) is 23.1 Å². The van der Waals surface area contributed by atoms with Gasteiger partial charge in [0, 0.05) is 24.7 Å². The van der Waals surface area contributed by atoms with Gasteiger partial charge in [0.1, 0.15) is 12.4 Å². The second kappa shape index (κ2) is 6.86. The minimum absolute atomic E-state index is 0. The Hall–Kier alpha value is -1.64. The maximum absolute atomic E-state index is 12.2. The summed E-state index contributed by atoms with van der Waals surface area (Å²) in [5.41, 5.74) is 6.16. The van der Waals surface area contributed by atoms with Crippen molar-refractivity contribution in [1.82, 2.24) is 9.62 Å². The van der Waals surface area contributed by atoms with E-state index in [1.807, 2.05) is 0 Å². The Morgan fingerprint density at radius 3 is 2.87 bits per heavy atom. The highest BCUT2D eigenvalue weighted by molar-refractivity contribution is 7.90. The highest BCUT2D eigenvalue weighted by atomic mass is 35.5. The quantitative estimate of drug-likeness (QED) is 0.799. The fraction of sp³-hybridized carbons (Fsp3) is 0.429. The van der Waals surface area contributed by atoms with Gasteiger partial charge in [0.25, 0.3) is 10.0 Å². The lowest BCUT2D eigenvalue weighted by Crippen LogP contribution is -2.41. The molecular formula is C14H19ClN4O3S. The van der Waals surface area contributed by atoms with Crippen molar-refractivity contribution in [2.75, 3.05) is 19.6 Å². The van der Waals surface area contributed by atoms with Crippen LogP contribution in [-0.4, -0.2) is 50.7 Å². The number of amides is 1. The lowest BCUT2D eigenvalue weighted by atomic mass is 10.2. The van der Waals surface area contributed by atoms with Crippen LogP contribution >= 0.6 is 12.4 Å². The lowest BCUT2D eigenvalue weighted by molar-refractivity contribution is -0.130. The molecule has 0 saturated carbocycles. The van der Waals surface area contributed by atoms with Gasteiger partial charge in [-0.1, -0.05) is 12.1 Å². The largest absolute Gasteiger partial charge is 0.337 e. The summed E-state index contributed by atoms with van der Waals surface area (Å²) in [6.07, 6.45) is 1.86. The number of hydrogen-bond donors (Lipinski definition) is 2. The average molecular weight is 359 g/mol. The molecule has 2 aliphatic heterocycles. The first kappa shape index (κ1) is 17.7. The molecule has 0 radical (unpaired) electrons. The Morgan fingerprint density at radius 2 is 2.13 bits per heavy atom. The first-order valence-corrected chi connectivity index (χ1v) is 8.67. The van der Waals surface area contributed by atoms with Crippen molar-refractivity contribution in [2.45, 2.75) is 23.8 Å². The number of aliphatic imine (C=N–C) groups is 1. The van der Waals surface area contributed by atoms with Crippen LogP contribution in [0.25, 0.3) is 0 Å². The minimum atomic E-state index is -3.56. The number of amidine groups is 1. The standard InChI is InChI=1S/C14H18N4O3S.ClH/c15-8-10-4-3-7-18(10)13(19)9-16-14-11-5-1-2-6-12(11)22(20,21)17-14;/h1-2,5-6,10H,3-4,7-9,15H2,(H,16,17);1H. The van der Waals surface area contributed by atoms with Crippen LogP contribution < -0.4 is 10.5 Å². The maximum Gasteiger partial charge on any atom is 0.263 e. The predicted octanol–water partition coefficient (Wildman–Crippen LogP) is 0.0966. The van der Waals surface area contributed by atoms with E-state index < -0.39 is 10.0 Å². The first-order valence-electron chi connectivity index (χ1n) is 7.19. The first-order chi connectivity index (χ1) is 10.5. The van der Waals surface area contributed by atoms with E-state index in [0.717, 1.165) is 12.8 Å². The Bertz CT molecular complexity index is 735. The van der Waals surface area contributed by atoms with Crippen molar-refractivity contribution in [3.05, 3.63) is 29.8 Å². The van der Waals surface area contributed by atoms with Crippen LogP contribution in [0, 0.1) is 0 Å². The summed E-state index contributed by atoms with van der Waals surface area (Å²) in [7, 11) is -3.56. The molecule has 2 aliphatic rings.